The molecular weight excluding hydrogens is 556 g/mol. The zero-order valence-corrected chi connectivity index (χ0v) is 25.2. The van der Waals surface area contributed by atoms with Gasteiger partial charge in [-0.25, -0.2) is 0 Å². The van der Waals surface area contributed by atoms with Gasteiger partial charge in [-0.1, -0.05) is 115 Å². The van der Waals surface area contributed by atoms with Crippen LogP contribution in [0.5, 0.6) is 0 Å². The lowest BCUT2D eigenvalue weighted by Crippen LogP contribution is -2.85. The summed E-state index contributed by atoms with van der Waals surface area (Å²) in [6, 6.07) is 31.5. The van der Waals surface area contributed by atoms with Gasteiger partial charge in [0.15, 0.2) is 17.5 Å². The fourth-order valence-electron chi connectivity index (χ4n) is 6.71. The molecule has 0 aliphatic carbocycles. The Bertz CT molecular complexity index is 1590. The molecule has 7 nitrogen and oxygen atoms in total. The average Bonchev–Trinajstić information content (AvgIpc) is 3.00. The Kier molecular flexibility index (Phi) is 8.66. The molecule has 2 unspecified atom stereocenters. The highest BCUT2D eigenvalue weighted by molar-refractivity contribution is 5.88. The lowest BCUT2D eigenvalue weighted by atomic mass is 9.55. The van der Waals surface area contributed by atoms with Crippen LogP contribution in [-0.2, 0) is 34.6 Å². The smallest absolute Gasteiger partial charge is 0.226 e. The second-order valence-corrected chi connectivity index (χ2v) is 12.2. The van der Waals surface area contributed by atoms with Gasteiger partial charge in [0.05, 0.1) is 0 Å². The van der Waals surface area contributed by atoms with Crippen LogP contribution in [0.4, 0.5) is 0 Å². The van der Waals surface area contributed by atoms with Crippen LogP contribution in [0, 0.1) is 13.8 Å². The Morgan fingerprint density at radius 1 is 0.705 bits per heavy atom. The number of carbonyl (C=O) groups is 1. The molecule has 1 fully saturated rings. The summed E-state index contributed by atoms with van der Waals surface area (Å²) in [4.78, 5) is 13.8. The second-order valence-electron chi connectivity index (χ2n) is 12.2. The lowest BCUT2D eigenvalue weighted by Gasteiger charge is -2.64. The van der Waals surface area contributed by atoms with Crippen LogP contribution in [0.25, 0.3) is 0 Å². The van der Waals surface area contributed by atoms with Gasteiger partial charge in [-0.2, -0.15) is 0 Å². The Morgan fingerprint density at radius 3 is 1.61 bits per heavy atom. The average molecular weight is 597 g/mol. The van der Waals surface area contributed by atoms with E-state index in [2.05, 4.69) is 0 Å². The quantitative estimate of drug-likeness (QED) is 0.199. The first-order chi connectivity index (χ1) is 20.8. The van der Waals surface area contributed by atoms with Crippen molar-refractivity contribution in [3.63, 3.8) is 0 Å². The number of ether oxygens (including phenoxy) is 1. The summed E-state index contributed by atoms with van der Waals surface area (Å²) in [5.41, 5.74) is -4.62. The molecule has 0 saturated carbocycles. The van der Waals surface area contributed by atoms with Gasteiger partial charge in [0.25, 0.3) is 0 Å². The van der Waals surface area contributed by atoms with E-state index in [0.717, 1.165) is 5.56 Å². The monoisotopic (exact) mass is 596 g/mol. The zero-order chi connectivity index (χ0) is 31.8. The first-order valence-corrected chi connectivity index (χ1v) is 14.8. The topological polar surface area (TPSA) is 127 Å². The third-order valence-electron chi connectivity index (χ3n) is 9.02. The van der Waals surface area contributed by atoms with Gasteiger partial charge in [-0.3, -0.25) is 4.79 Å². The molecule has 4 aromatic rings. The predicted molar refractivity (Wildman–Crippen MR) is 167 cm³/mol. The first kappa shape index (κ1) is 31.7. The number of hydrogen-bond acceptors (Lipinski definition) is 7. The van der Waals surface area contributed by atoms with Gasteiger partial charge in [-0.15, -0.1) is 0 Å². The summed E-state index contributed by atoms with van der Waals surface area (Å²) in [7, 11) is 0. The van der Waals surface area contributed by atoms with Crippen LogP contribution >= 0.6 is 0 Å². The minimum Gasteiger partial charge on any atom is -0.386 e. The van der Waals surface area contributed by atoms with E-state index >= 15 is 0 Å². The van der Waals surface area contributed by atoms with Crippen LogP contribution in [0.1, 0.15) is 40.3 Å². The minimum absolute atomic E-state index is 0.123. The van der Waals surface area contributed by atoms with Crippen LogP contribution in [0.3, 0.4) is 0 Å². The van der Waals surface area contributed by atoms with Crippen LogP contribution < -0.4 is 0 Å². The summed E-state index contributed by atoms with van der Waals surface area (Å²) in [5.74, 6) is -3.66. The van der Waals surface area contributed by atoms with Crippen molar-refractivity contribution in [3.05, 3.63) is 143 Å². The molecule has 44 heavy (non-hydrogen) atoms. The summed E-state index contributed by atoms with van der Waals surface area (Å²) in [5, 5.41) is 62.7. The van der Waals surface area contributed by atoms with Crippen LogP contribution in [0.15, 0.2) is 109 Å². The molecule has 0 radical (unpaired) electrons. The number of ketones is 1. The molecule has 5 N–H and O–H groups in total. The lowest BCUT2D eigenvalue weighted by molar-refractivity contribution is -0.439. The van der Waals surface area contributed by atoms with E-state index in [-0.39, 0.29) is 24.8 Å². The number of benzene rings is 4. The molecule has 1 aliphatic rings. The van der Waals surface area contributed by atoms with Crippen LogP contribution in [0.2, 0.25) is 0 Å². The number of aliphatic hydroxyl groups is 5. The van der Waals surface area contributed by atoms with Crippen molar-refractivity contribution in [1.29, 1.82) is 0 Å². The molecule has 0 spiro atoms. The van der Waals surface area contributed by atoms with E-state index in [0.29, 0.717) is 22.3 Å². The maximum absolute atomic E-state index is 13.8. The highest BCUT2D eigenvalue weighted by Crippen LogP contribution is 2.57. The Hall–Kier alpha value is -3.69. The van der Waals surface area contributed by atoms with E-state index in [9.17, 15) is 30.3 Å². The van der Waals surface area contributed by atoms with E-state index in [4.69, 9.17) is 4.74 Å². The zero-order valence-electron chi connectivity index (χ0n) is 25.2. The number of aryl methyl sites for hydroxylation is 2. The number of hydrogen-bond donors (Lipinski definition) is 5. The minimum atomic E-state index is -2.72. The fourth-order valence-corrected chi connectivity index (χ4v) is 6.71. The van der Waals surface area contributed by atoms with E-state index in [1.165, 1.54) is 6.92 Å². The van der Waals surface area contributed by atoms with Gasteiger partial charge in [0.1, 0.15) is 17.3 Å². The van der Waals surface area contributed by atoms with Crippen molar-refractivity contribution < 1.29 is 35.1 Å². The molecule has 7 heteroatoms. The molecule has 0 bridgehead atoms. The van der Waals surface area contributed by atoms with Crippen molar-refractivity contribution in [1.82, 2.24) is 0 Å². The highest BCUT2D eigenvalue weighted by atomic mass is 16.7. The number of aliphatic hydroxyl groups excluding tert-OH is 1. The fraction of sp³-hybridized carbons (Fsp3) is 0.324. The molecule has 0 aromatic heterocycles. The molecule has 5 rings (SSSR count). The van der Waals surface area contributed by atoms with Gasteiger partial charge in [0.2, 0.25) is 5.79 Å². The van der Waals surface area contributed by atoms with Gasteiger partial charge >= 0.3 is 0 Å². The van der Waals surface area contributed by atoms with Crippen molar-refractivity contribution in [2.45, 2.75) is 74.8 Å². The maximum atomic E-state index is 13.8. The molecule has 1 saturated heterocycles. The third kappa shape index (κ3) is 5.30. The Morgan fingerprint density at radius 2 is 1.16 bits per heavy atom. The molecule has 1 aliphatic heterocycles. The SMILES string of the molecule is Cc1ccc(C2(O)O[C@H](C(=O)C(C)O)[C@](O)(Cc3ccccc3)[C@@](O)(Cc3ccccc3)[C@@]2(O)Cc2ccccc2)c(C)c1. The van der Waals surface area contributed by atoms with Crippen molar-refractivity contribution >= 4 is 5.78 Å². The van der Waals surface area contributed by atoms with Gasteiger partial charge < -0.3 is 30.3 Å². The summed E-state index contributed by atoms with van der Waals surface area (Å²) >= 11 is 0. The Balaban J connectivity index is 1.86. The molecular formula is C37H40O7. The number of carbonyl (C=O) groups excluding carboxylic acids is 1. The molecule has 1 heterocycles. The van der Waals surface area contributed by atoms with Gasteiger partial charge in [0, 0.05) is 24.8 Å². The molecule has 6 atom stereocenters. The van der Waals surface area contributed by atoms with E-state index < -0.39 is 40.6 Å². The van der Waals surface area contributed by atoms with E-state index in [1.54, 1.807) is 116 Å². The second kappa shape index (κ2) is 12.0. The third-order valence-corrected chi connectivity index (χ3v) is 9.02. The maximum Gasteiger partial charge on any atom is 0.226 e. The summed E-state index contributed by atoms with van der Waals surface area (Å²) in [6.45, 7) is 4.85. The Labute approximate surface area is 258 Å². The summed E-state index contributed by atoms with van der Waals surface area (Å²) in [6.07, 6.45) is -4.61. The molecule has 4 aromatic carbocycles. The number of rotatable bonds is 9. The first-order valence-electron chi connectivity index (χ1n) is 14.8. The largest absolute Gasteiger partial charge is 0.386 e. The van der Waals surface area contributed by atoms with Crippen LogP contribution in [-0.4, -0.2) is 60.3 Å². The molecule has 0 amide bonds. The normalized spacial score (nSPS) is 29.2. The number of Topliss-reactive ketones (excluding diaryl/α,β-unsaturated/α-hetero) is 1. The molecule has 230 valence electrons. The summed E-state index contributed by atoms with van der Waals surface area (Å²) < 4.78 is 6.30. The van der Waals surface area contributed by atoms with Crippen molar-refractivity contribution in [2.24, 2.45) is 0 Å². The van der Waals surface area contributed by atoms with Crippen molar-refractivity contribution in [2.75, 3.05) is 0 Å². The highest BCUT2D eigenvalue weighted by Gasteiger charge is 2.78. The van der Waals surface area contributed by atoms with Gasteiger partial charge in [-0.05, 0) is 43.0 Å². The van der Waals surface area contributed by atoms with Crippen molar-refractivity contribution in [3.8, 4) is 0 Å². The predicted octanol–water partition coefficient (Wildman–Crippen LogP) is 3.72. The van der Waals surface area contributed by atoms with E-state index in [1.807, 2.05) is 6.92 Å². The standard InChI is InChI=1S/C37H40O7/c1-25-19-20-31(26(2)21-25)37(43)36(42,24-30-17-11-6-12-18-30)35(41,23-29-15-9-5-10-16-29)34(40,22-28-13-7-4-8-14-28)33(44-37)32(39)27(3)38/h4-21,27,33,38,40-43H,22-24H2,1-3H3/t27?,33-,34-,35+,36+,37?/m1/s1.